The van der Waals surface area contributed by atoms with Gasteiger partial charge in [-0.2, -0.15) is 0 Å². The number of nitrogens with one attached hydrogen (secondary N) is 1. The van der Waals surface area contributed by atoms with Crippen molar-refractivity contribution < 1.29 is 23.5 Å². The number of hydrogen-bond donors (Lipinski definition) is 1. The van der Waals surface area contributed by atoms with Crippen LogP contribution in [0.25, 0.3) is 11.1 Å². The van der Waals surface area contributed by atoms with Gasteiger partial charge in [0.1, 0.15) is 6.54 Å². The molecule has 0 spiro atoms. The summed E-state index contributed by atoms with van der Waals surface area (Å²) in [6.45, 7) is 1.72. The van der Waals surface area contributed by atoms with Crippen LogP contribution in [-0.4, -0.2) is 41.2 Å². The Bertz CT molecular complexity index is 1240. The Morgan fingerprint density at radius 2 is 1.78 bits per heavy atom. The zero-order valence-corrected chi connectivity index (χ0v) is 17.5. The zero-order valence-electron chi connectivity index (χ0n) is 17.5. The molecule has 0 radical (unpaired) electrons. The van der Waals surface area contributed by atoms with Crippen molar-refractivity contribution in [3.63, 3.8) is 0 Å². The monoisotopic (exact) mass is 437 g/mol. The van der Waals surface area contributed by atoms with Crippen molar-refractivity contribution >= 4 is 22.9 Å². The molecule has 2 amide bonds. The van der Waals surface area contributed by atoms with Crippen molar-refractivity contribution in [1.82, 2.24) is 14.8 Å². The van der Waals surface area contributed by atoms with Crippen LogP contribution in [0.15, 0.2) is 45.6 Å². The highest BCUT2D eigenvalue weighted by molar-refractivity contribution is 5.97. The summed E-state index contributed by atoms with van der Waals surface area (Å²) in [6, 6.07) is 10.3. The van der Waals surface area contributed by atoms with E-state index in [1.807, 2.05) is 11.0 Å². The normalized spacial score (nSPS) is 15.2. The number of aromatic nitrogens is 1. The predicted molar refractivity (Wildman–Crippen MR) is 115 cm³/mol. The maximum absolute atomic E-state index is 12.8. The van der Waals surface area contributed by atoms with Crippen LogP contribution in [0, 0.1) is 0 Å². The highest BCUT2D eigenvalue weighted by atomic mass is 16.7. The number of fused-ring (bicyclic) bond motifs is 2. The molecule has 5 rings (SSSR count). The molecular formula is C23H23N3O6. The predicted octanol–water partition coefficient (Wildman–Crippen LogP) is 2.27. The molecular weight excluding hydrogens is 414 g/mol. The number of likely N-dealkylation sites (tertiary alicyclic amines) is 1. The Kier molecular flexibility index (Phi) is 5.30. The van der Waals surface area contributed by atoms with Crippen LogP contribution >= 0.6 is 0 Å². The van der Waals surface area contributed by atoms with Crippen LogP contribution in [0.2, 0.25) is 0 Å². The molecule has 32 heavy (non-hydrogen) atoms. The van der Waals surface area contributed by atoms with Crippen molar-refractivity contribution in [2.75, 3.05) is 19.9 Å². The van der Waals surface area contributed by atoms with Crippen molar-refractivity contribution in [2.24, 2.45) is 0 Å². The number of nitrogens with zero attached hydrogens (tertiary/aromatic N) is 2. The summed E-state index contributed by atoms with van der Waals surface area (Å²) < 4.78 is 17.1. The van der Waals surface area contributed by atoms with E-state index in [4.69, 9.17) is 13.9 Å². The molecule has 2 aromatic carbocycles. The second kappa shape index (κ2) is 8.41. The molecule has 1 N–H and O–H groups in total. The van der Waals surface area contributed by atoms with Crippen LogP contribution in [0.3, 0.4) is 0 Å². The van der Waals surface area contributed by atoms with E-state index in [0.29, 0.717) is 28.2 Å². The van der Waals surface area contributed by atoms with Crippen molar-refractivity contribution in [3.05, 3.63) is 58.1 Å². The summed E-state index contributed by atoms with van der Waals surface area (Å²) in [7, 11) is 0. The van der Waals surface area contributed by atoms with Gasteiger partial charge in [0.25, 0.3) is 5.91 Å². The third kappa shape index (κ3) is 3.93. The molecule has 3 aromatic rings. The lowest BCUT2D eigenvalue weighted by atomic mass is 10.1. The third-order valence-corrected chi connectivity index (χ3v) is 5.79. The highest BCUT2D eigenvalue weighted by Gasteiger charge is 2.21. The Morgan fingerprint density at radius 3 is 2.62 bits per heavy atom. The van der Waals surface area contributed by atoms with Crippen LogP contribution in [0.4, 0.5) is 0 Å². The van der Waals surface area contributed by atoms with Gasteiger partial charge in [-0.15, -0.1) is 0 Å². The standard InChI is InChI=1S/C23H23N3O6/c27-21(24-12-15-4-6-19-20(10-15)31-14-30-19)13-26-17-11-16(5-7-18(17)32-23(26)29)22(28)25-8-2-1-3-9-25/h4-7,10-11H,1-3,8-9,12-14H2,(H,24,27). The third-order valence-electron chi connectivity index (χ3n) is 5.79. The molecule has 2 aliphatic heterocycles. The number of amides is 2. The molecule has 3 heterocycles. The van der Waals surface area contributed by atoms with Crippen LogP contribution < -0.4 is 20.5 Å². The fourth-order valence-corrected chi connectivity index (χ4v) is 4.08. The first-order chi connectivity index (χ1) is 15.6. The van der Waals surface area contributed by atoms with Crippen molar-refractivity contribution in [2.45, 2.75) is 32.4 Å². The number of ether oxygens (including phenoxy) is 2. The average molecular weight is 437 g/mol. The fraction of sp³-hybridized carbons (Fsp3) is 0.348. The summed E-state index contributed by atoms with van der Waals surface area (Å²) in [5.74, 6) is 0.256. The van der Waals surface area contributed by atoms with Gasteiger partial charge in [0.15, 0.2) is 17.1 Å². The molecule has 166 valence electrons. The van der Waals surface area contributed by atoms with Gasteiger partial charge in [0.2, 0.25) is 12.7 Å². The molecule has 0 atom stereocenters. The van der Waals surface area contributed by atoms with Crippen LogP contribution in [-0.2, 0) is 17.9 Å². The van der Waals surface area contributed by atoms with E-state index in [-0.39, 0.29) is 31.7 Å². The fourth-order valence-electron chi connectivity index (χ4n) is 4.08. The topological polar surface area (TPSA) is 103 Å². The first kappa shape index (κ1) is 20.2. The molecule has 9 heteroatoms. The summed E-state index contributed by atoms with van der Waals surface area (Å²) in [5, 5.41) is 2.80. The van der Waals surface area contributed by atoms with Crippen molar-refractivity contribution in [1.29, 1.82) is 0 Å². The SMILES string of the molecule is O=C(Cn1c(=O)oc2ccc(C(=O)N3CCCCC3)cc21)NCc1ccc2c(c1)OCO2. The summed E-state index contributed by atoms with van der Waals surface area (Å²) in [4.78, 5) is 39.5. The summed E-state index contributed by atoms with van der Waals surface area (Å²) in [6.07, 6.45) is 3.12. The summed E-state index contributed by atoms with van der Waals surface area (Å²) in [5.41, 5.74) is 2.10. The Labute approximate surface area is 183 Å². The maximum Gasteiger partial charge on any atom is 0.420 e. The molecule has 1 fully saturated rings. The first-order valence-corrected chi connectivity index (χ1v) is 10.7. The molecule has 0 unspecified atom stereocenters. The van der Waals surface area contributed by atoms with E-state index in [0.717, 1.165) is 37.9 Å². The molecule has 1 saturated heterocycles. The average Bonchev–Trinajstić information content (AvgIpc) is 3.41. The number of carbonyl (C=O) groups is 2. The van der Waals surface area contributed by atoms with E-state index >= 15 is 0 Å². The number of hydrogen-bond acceptors (Lipinski definition) is 6. The Hall–Kier alpha value is -3.75. The van der Waals surface area contributed by atoms with E-state index in [1.165, 1.54) is 4.57 Å². The molecule has 2 aliphatic rings. The van der Waals surface area contributed by atoms with E-state index < -0.39 is 5.76 Å². The molecule has 1 aromatic heterocycles. The van der Waals surface area contributed by atoms with Crippen LogP contribution in [0.1, 0.15) is 35.2 Å². The molecule has 0 bridgehead atoms. The second-order valence-electron chi connectivity index (χ2n) is 7.95. The molecule has 9 nitrogen and oxygen atoms in total. The first-order valence-electron chi connectivity index (χ1n) is 10.7. The minimum Gasteiger partial charge on any atom is -0.454 e. The van der Waals surface area contributed by atoms with Gasteiger partial charge < -0.3 is 24.1 Å². The van der Waals surface area contributed by atoms with Gasteiger partial charge in [0.05, 0.1) is 5.52 Å². The van der Waals surface area contributed by atoms with E-state index in [1.54, 1.807) is 30.3 Å². The summed E-state index contributed by atoms with van der Waals surface area (Å²) >= 11 is 0. The maximum atomic E-state index is 12.8. The Balaban J connectivity index is 1.30. The lowest BCUT2D eigenvalue weighted by Gasteiger charge is -2.26. The number of carbonyl (C=O) groups excluding carboxylic acids is 2. The lowest BCUT2D eigenvalue weighted by molar-refractivity contribution is -0.121. The molecule has 0 aliphatic carbocycles. The number of piperidine rings is 1. The van der Waals surface area contributed by atoms with Gasteiger partial charge >= 0.3 is 5.76 Å². The van der Waals surface area contributed by atoms with Crippen LogP contribution in [0.5, 0.6) is 11.5 Å². The Morgan fingerprint density at radius 1 is 0.969 bits per heavy atom. The van der Waals surface area contributed by atoms with E-state index in [9.17, 15) is 14.4 Å². The minimum absolute atomic E-state index is 0.0703. The second-order valence-corrected chi connectivity index (χ2v) is 7.95. The largest absolute Gasteiger partial charge is 0.454 e. The number of rotatable bonds is 5. The van der Waals surface area contributed by atoms with Gasteiger partial charge in [-0.05, 0) is 55.2 Å². The minimum atomic E-state index is -0.638. The number of benzene rings is 2. The van der Waals surface area contributed by atoms with Gasteiger partial charge in [-0.25, -0.2) is 4.79 Å². The quantitative estimate of drug-likeness (QED) is 0.657. The lowest BCUT2D eigenvalue weighted by Crippen LogP contribution is -2.35. The number of oxazole rings is 1. The zero-order chi connectivity index (χ0) is 22.1. The van der Waals surface area contributed by atoms with Gasteiger partial charge in [-0.1, -0.05) is 6.07 Å². The molecule has 0 saturated carbocycles. The highest BCUT2D eigenvalue weighted by Crippen LogP contribution is 2.32. The van der Waals surface area contributed by atoms with Crippen molar-refractivity contribution in [3.8, 4) is 11.5 Å². The van der Waals surface area contributed by atoms with Gasteiger partial charge in [-0.3, -0.25) is 14.2 Å². The van der Waals surface area contributed by atoms with E-state index in [2.05, 4.69) is 5.32 Å². The van der Waals surface area contributed by atoms with Gasteiger partial charge in [0, 0.05) is 25.2 Å². The smallest absolute Gasteiger partial charge is 0.420 e.